The van der Waals surface area contributed by atoms with Gasteiger partial charge in [-0.25, -0.2) is 4.79 Å². The molecule has 0 saturated carbocycles. The van der Waals surface area contributed by atoms with Crippen LogP contribution < -0.4 is 5.32 Å². The van der Waals surface area contributed by atoms with Crippen molar-refractivity contribution < 1.29 is 14.6 Å². The highest BCUT2D eigenvalue weighted by Crippen LogP contribution is 2.17. The number of rotatable bonds is 3. The van der Waals surface area contributed by atoms with Gasteiger partial charge in [0.15, 0.2) is 0 Å². The van der Waals surface area contributed by atoms with Crippen molar-refractivity contribution in [2.24, 2.45) is 0 Å². The number of hydrogen-bond donors (Lipinski definition) is 2. The van der Waals surface area contributed by atoms with Crippen LogP contribution in [0, 0.1) is 0 Å². The van der Waals surface area contributed by atoms with E-state index in [9.17, 15) is 4.79 Å². The molecule has 1 aliphatic rings. The SMILES string of the molecule is O=C1NC(CO)C(Cc2cccc(Cl)c2)O1. The number of alkyl carbamates (subject to hydrolysis) is 1. The fraction of sp³-hybridized carbons (Fsp3) is 0.364. The van der Waals surface area contributed by atoms with Gasteiger partial charge < -0.3 is 15.2 Å². The molecule has 86 valence electrons. The second kappa shape index (κ2) is 4.72. The summed E-state index contributed by atoms with van der Waals surface area (Å²) in [6.45, 7) is -0.128. The fourth-order valence-electron chi connectivity index (χ4n) is 1.74. The van der Waals surface area contributed by atoms with Gasteiger partial charge in [0, 0.05) is 11.4 Å². The van der Waals surface area contributed by atoms with Gasteiger partial charge >= 0.3 is 6.09 Å². The molecule has 0 aromatic heterocycles. The Bertz CT molecular complexity index is 397. The predicted octanol–water partition coefficient (Wildman–Crippen LogP) is 1.35. The summed E-state index contributed by atoms with van der Waals surface area (Å²) in [5, 5.41) is 12.3. The van der Waals surface area contributed by atoms with Gasteiger partial charge in [-0.15, -0.1) is 0 Å². The third-order valence-corrected chi connectivity index (χ3v) is 2.77. The van der Waals surface area contributed by atoms with E-state index < -0.39 is 6.09 Å². The van der Waals surface area contributed by atoms with Crippen LogP contribution in [0.2, 0.25) is 5.02 Å². The Morgan fingerprint density at radius 2 is 2.31 bits per heavy atom. The van der Waals surface area contributed by atoms with E-state index in [1.54, 1.807) is 6.07 Å². The molecule has 2 rings (SSSR count). The summed E-state index contributed by atoms with van der Waals surface area (Å²) in [6.07, 6.45) is -0.271. The molecule has 1 saturated heterocycles. The van der Waals surface area contributed by atoms with Crippen LogP contribution in [-0.4, -0.2) is 30.0 Å². The molecule has 1 aliphatic heterocycles. The van der Waals surface area contributed by atoms with E-state index in [2.05, 4.69) is 5.32 Å². The first kappa shape index (κ1) is 11.2. The number of ether oxygens (including phenoxy) is 1. The van der Waals surface area contributed by atoms with Gasteiger partial charge in [-0.3, -0.25) is 0 Å². The van der Waals surface area contributed by atoms with Crippen LogP contribution in [0.3, 0.4) is 0 Å². The summed E-state index contributed by atoms with van der Waals surface area (Å²) < 4.78 is 5.06. The van der Waals surface area contributed by atoms with Gasteiger partial charge in [-0.2, -0.15) is 0 Å². The number of carbonyl (C=O) groups is 1. The maximum Gasteiger partial charge on any atom is 0.407 e. The van der Waals surface area contributed by atoms with Gasteiger partial charge in [-0.05, 0) is 17.7 Å². The molecule has 1 aromatic rings. The van der Waals surface area contributed by atoms with Gasteiger partial charge in [0.25, 0.3) is 0 Å². The molecule has 0 spiro atoms. The molecule has 5 heteroatoms. The molecular weight excluding hydrogens is 230 g/mol. The van der Waals surface area contributed by atoms with Crippen LogP contribution in [0.1, 0.15) is 5.56 Å². The fourth-order valence-corrected chi connectivity index (χ4v) is 1.95. The summed E-state index contributed by atoms with van der Waals surface area (Å²) in [5.74, 6) is 0. The minimum Gasteiger partial charge on any atom is -0.444 e. The third kappa shape index (κ3) is 2.46. The van der Waals surface area contributed by atoms with Crippen LogP contribution >= 0.6 is 11.6 Å². The lowest BCUT2D eigenvalue weighted by atomic mass is 10.0. The predicted molar refractivity (Wildman–Crippen MR) is 59.4 cm³/mol. The lowest BCUT2D eigenvalue weighted by molar-refractivity contribution is 0.119. The zero-order chi connectivity index (χ0) is 11.5. The molecule has 0 bridgehead atoms. The van der Waals surface area contributed by atoms with Crippen LogP contribution in [0.25, 0.3) is 0 Å². The molecule has 1 heterocycles. The van der Waals surface area contributed by atoms with Crippen LogP contribution in [0.5, 0.6) is 0 Å². The number of amides is 1. The Kier molecular flexibility index (Phi) is 3.31. The lowest BCUT2D eigenvalue weighted by Gasteiger charge is -2.14. The lowest BCUT2D eigenvalue weighted by Crippen LogP contribution is -2.36. The van der Waals surface area contributed by atoms with Crippen molar-refractivity contribution in [1.29, 1.82) is 0 Å². The maximum atomic E-state index is 11.0. The summed E-state index contributed by atoms with van der Waals surface area (Å²) >= 11 is 5.86. The standard InChI is InChI=1S/C11H12ClNO3/c12-8-3-1-2-7(4-8)5-10-9(6-14)13-11(15)16-10/h1-4,9-10,14H,5-6H2,(H,13,15). The molecule has 1 aromatic carbocycles. The van der Waals surface area contributed by atoms with E-state index in [4.69, 9.17) is 21.4 Å². The number of cyclic esters (lactones) is 1. The minimum absolute atomic E-state index is 0.128. The van der Waals surface area contributed by atoms with E-state index >= 15 is 0 Å². The number of benzene rings is 1. The van der Waals surface area contributed by atoms with Crippen molar-refractivity contribution in [3.63, 3.8) is 0 Å². The smallest absolute Gasteiger partial charge is 0.407 e. The first-order valence-electron chi connectivity index (χ1n) is 5.01. The Balaban J connectivity index is 2.06. The van der Waals surface area contributed by atoms with E-state index in [-0.39, 0.29) is 18.8 Å². The molecular formula is C11H12ClNO3. The molecule has 4 nitrogen and oxygen atoms in total. The van der Waals surface area contributed by atoms with Crippen molar-refractivity contribution in [1.82, 2.24) is 5.32 Å². The molecule has 0 aliphatic carbocycles. The Hall–Kier alpha value is -1.26. The number of hydrogen-bond acceptors (Lipinski definition) is 3. The van der Waals surface area contributed by atoms with E-state index in [1.165, 1.54) is 0 Å². The summed E-state index contributed by atoms with van der Waals surface area (Å²) in [6, 6.07) is 7.02. The summed E-state index contributed by atoms with van der Waals surface area (Å²) in [4.78, 5) is 11.0. The Morgan fingerprint density at radius 3 is 3.00 bits per heavy atom. The van der Waals surface area contributed by atoms with Gasteiger partial charge in [0.1, 0.15) is 6.10 Å². The first-order chi connectivity index (χ1) is 7.69. The molecule has 0 radical (unpaired) electrons. The summed E-state index contributed by atoms with van der Waals surface area (Å²) in [7, 11) is 0. The van der Waals surface area contributed by atoms with Gasteiger partial charge in [0.2, 0.25) is 0 Å². The van der Waals surface area contributed by atoms with Crippen LogP contribution in [-0.2, 0) is 11.2 Å². The number of halogens is 1. The Labute approximate surface area is 98.2 Å². The monoisotopic (exact) mass is 241 g/mol. The molecule has 16 heavy (non-hydrogen) atoms. The summed E-state index contributed by atoms with van der Waals surface area (Å²) in [5.41, 5.74) is 0.979. The van der Waals surface area contributed by atoms with Crippen LogP contribution in [0.15, 0.2) is 24.3 Å². The topological polar surface area (TPSA) is 58.6 Å². The second-order valence-corrected chi connectivity index (χ2v) is 4.15. The zero-order valence-corrected chi connectivity index (χ0v) is 9.28. The normalized spacial score (nSPS) is 24.0. The second-order valence-electron chi connectivity index (χ2n) is 3.71. The van der Waals surface area contributed by atoms with E-state index in [0.717, 1.165) is 5.56 Å². The highest BCUT2D eigenvalue weighted by atomic mass is 35.5. The van der Waals surface area contributed by atoms with E-state index in [1.807, 2.05) is 18.2 Å². The minimum atomic E-state index is -0.480. The van der Waals surface area contributed by atoms with Crippen molar-refractivity contribution >= 4 is 17.7 Å². The number of carbonyl (C=O) groups excluding carboxylic acids is 1. The Morgan fingerprint density at radius 1 is 1.50 bits per heavy atom. The van der Waals surface area contributed by atoms with Crippen LogP contribution in [0.4, 0.5) is 4.79 Å². The average molecular weight is 242 g/mol. The molecule has 1 fully saturated rings. The van der Waals surface area contributed by atoms with Crippen molar-refractivity contribution in [3.8, 4) is 0 Å². The number of aliphatic hydroxyl groups is 1. The van der Waals surface area contributed by atoms with Gasteiger partial charge in [0.05, 0.1) is 12.6 Å². The quantitative estimate of drug-likeness (QED) is 0.840. The van der Waals surface area contributed by atoms with Crippen molar-refractivity contribution in [3.05, 3.63) is 34.9 Å². The highest BCUT2D eigenvalue weighted by molar-refractivity contribution is 6.30. The third-order valence-electron chi connectivity index (χ3n) is 2.53. The molecule has 1 amide bonds. The van der Waals surface area contributed by atoms with E-state index in [0.29, 0.717) is 11.4 Å². The molecule has 2 unspecified atom stereocenters. The number of nitrogens with one attached hydrogen (secondary N) is 1. The number of aliphatic hydroxyl groups excluding tert-OH is 1. The highest BCUT2D eigenvalue weighted by Gasteiger charge is 2.33. The largest absolute Gasteiger partial charge is 0.444 e. The molecule has 2 atom stereocenters. The van der Waals surface area contributed by atoms with Gasteiger partial charge in [-0.1, -0.05) is 23.7 Å². The maximum absolute atomic E-state index is 11.0. The first-order valence-corrected chi connectivity index (χ1v) is 5.39. The van der Waals surface area contributed by atoms with Crippen molar-refractivity contribution in [2.75, 3.05) is 6.61 Å². The zero-order valence-electron chi connectivity index (χ0n) is 8.52. The molecule has 2 N–H and O–H groups in total. The van der Waals surface area contributed by atoms with Crippen molar-refractivity contribution in [2.45, 2.75) is 18.6 Å². The average Bonchev–Trinajstić information content (AvgIpc) is 2.59.